The monoisotopic (exact) mass is 263 g/mol. The van der Waals surface area contributed by atoms with Gasteiger partial charge in [0, 0.05) is 25.9 Å². The number of anilines is 1. The van der Waals surface area contributed by atoms with Crippen molar-refractivity contribution in [1.82, 2.24) is 9.88 Å². The van der Waals surface area contributed by atoms with Gasteiger partial charge in [-0.05, 0) is 38.3 Å². The third kappa shape index (κ3) is 3.67. The molecule has 1 amide bonds. The number of aromatic nitrogens is 1. The number of nitrogens with zero attached hydrogens (tertiary/aromatic N) is 2. The van der Waals surface area contributed by atoms with E-state index in [1.807, 2.05) is 11.8 Å². The van der Waals surface area contributed by atoms with E-state index in [9.17, 15) is 4.79 Å². The lowest BCUT2D eigenvalue weighted by Gasteiger charge is -2.29. The number of hydrogen-bond donors (Lipinski definition) is 1. The van der Waals surface area contributed by atoms with E-state index < -0.39 is 0 Å². The van der Waals surface area contributed by atoms with Crippen LogP contribution < -0.4 is 5.73 Å². The Kier molecular flexibility index (Phi) is 4.74. The quantitative estimate of drug-likeness (QED) is 0.897. The number of nitrogens with two attached hydrogens (primary N) is 1. The van der Waals surface area contributed by atoms with Crippen LogP contribution in [-0.2, 0) is 4.74 Å². The summed E-state index contributed by atoms with van der Waals surface area (Å²) in [6.07, 6.45) is 5.03. The fraction of sp³-hybridized carbons (Fsp3) is 0.571. The molecule has 0 bridgehead atoms. The highest BCUT2D eigenvalue weighted by Crippen LogP contribution is 2.15. The fourth-order valence-corrected chi connectivity index (χ4v) is 2.27. The van der Waals surface area contributed by atoms with Crippen molar-refractivity contribution in [1.29, 1.82) is 0 Å². The average molecular weight is 263 g/mol. The first-order chi connectivity index (χ1) is 9.20. The molecule has 2 heterocycles. The fourth-order valence-electron chi connectivity index (χ4n) is 2.27. The molecule has 1 aliphatic rings. The number of pyridine rings is 1. The Morgan fingerprint density at radius 3 is 2.95 bits per heavy atom. The molecule has 1 fully saturated rings. The summed E-state index contributed by atoms with van der Waals surface area (Å²) in [5.41, 5.74) is 6.10. The van der Waals surface area contributed by atoms with Gasteiger partial charge in [-0.3, -0.25) is 4.79 Å². The van der Waals surface area contributed by atoms with E-state index >= 15 is 0 Å². The van der Waals surface area contributed by atoms with Gasteiger partial charge in [0.2, 0.25) is 0 Å². The summed E-state index contributed by atoms with van der Waals surface area (Å²) >= 11 is 0. The van der Waals surface area contributed by atoms with Gasteiger partial charge in [0.05, 0.1) is 11.7 Å². The van der Waals surface area contributed by atoms with Crippen molar-refractivity contribution >= 4 is 11.7 Å². The molecule has 19 heavy (non-hydrogen) atoms. The Morgan fingerprint density at radius 2 is 2.37 bits per heavy atom. The minimum absolute atomic E-state index is 0.0100. The Labute approximate surface area is 113 Å². The molecular weight excluding hydrogens is 242 g/mol. The molecule has 1 saturated heterocycles. The molecule has 2 rings (SSSR count). The van der Waals surface area contributed by atoms with Crippen LogP contribution in [0.5, 0.6) is 0 Å². The molecule has 0 radical (unpaired) electrons. The summed E-state index contributed by atoms with van der Waals surface area (Å²) < 4.78 is 5.69. The van der Waals surface area contributed by atoms with Gasteiger partial charge in [0.25, 0.3) is 5.91 Å². The molecule has 0 unspecified atom stereocenters. The van der Waals surface area contributed by atoms with Crippen molar-refractivity contribution in [3.05, 3.63) is 23.9 Å². The second kappa shape index (κ2) is 6.52. The molecule has 0 spiro atoms. The number of ether oxygens (including phenoxy) is 1. The van der Waals surface area contributed by atoms with Crippen molar-refractivity contribution in [3.8, 4) is 0 Å². The van der Waals surface area contributed by atoms with E-state index in [0.29, 0.717) is 24.5 Å². The number of carbonyl (C=O) groups excluding carboxylic acids is 1. The van der Waals surface area contributed by atoms with Gasteiger partial charge in [0.1, 0.15) is 5.82 Å². The summed E-state index contributed by atoms with van der Waals surface area (Å²) in [7, 11) is 0. The first-order valence-corrected chi connectivity index (χ1v) is 6.83. The normalized spacial score (nSPS) is 19.1. The minimum atomic E-state index is -0.0100. The van der Waals surface area contributed by atoms with Gasteiger partial charge in [-0.2, -0.15) is 0 Å². The zero-order chi connectivity index (χ0) is 13.7. The number of rotatable bonds is 4. The highest BCUT2D eigenvalue weighted by molar-refractivity contribution is 5.94. The summed E-state index contributed by atoms with van der Waals surface area (Å²) in [5.74, 6) is 0.416. The van der Waals surface area contributed by atoms with E-state index in [-0.39, 0.29) is 12.0 Å². The molecule has 1 aliphatic heterocycles. The Bertz CT molecular complexity index is 413. The zero-order valence-corrected chi connectivity index (χ0v) is 11.3. The van der Waals surface area contributed by atoms with Gasteiger partial charge in [-0.25, -0.2) is 4.98 Å². The maximum atomic E-state index is 12.4. The zero-order valence-electron chi connectivity index (χ0n) is 11.3. The van der Waals surface area contributed by atoms with Crippen molar-refractivity contribution < 1.29 is 9.53 Å². The molecule has 0 aromatic carbocycles. The Hall–Kier alpha value is -1.62. The van der Waals surface area contributed by atoms with E-state index in [1.165, 1.54) is 12.6 Å². The number of nitrogen functional groups attached to an aromatic ring is 1. The summed E-state index contributed by atoms with van der Waals surface area (Å²) in [6, 6.07) is 3.37. The van der Waals surface area contributed by atoms with Crippen LogP contribution in [0.4, 0.5) is 5.82 Å². The highest BCUT2D eigenvalue weighted by atomic mass is 16.5. The molecule has 1 atom stereocenters. The SMILES string of the molecule is CCN(C[C@@H]1CCCCO1)C(=O)c1ccc(N)nc1. The predicted molar refractivity (Wildman–Crippen MR) is 73.8 cm³/mol. The molecule has 0 aliphatic carbocycles. The Balaban J connectivity index is 1.99. The van der Waals surface area contributed by atoms with Crippen molar-refractivity contribution in [2.24, 2.45) is 0 Å². The summed E-state index contributed by atoms with van der Waals surface area (Å²) in [5, 5.41) is 0. The van der Waals surface area contributed by atoms with Gasteiger partial charge < -0.3 is 15.4 Å². The van der Waals surface area contributed by atoms with Crippen LogP contribution in [0.25, 0.3) is 0 Å². The van der Waals surface area contributed by atoms with Crippen LogP contribution in [0.3, 0.4) is 0 Å². The van der Waals surface area contributed by atoms with Crippen molar-refractivity contribution in [3.63, 3.8) is 0 Å². The van der Waals surface area contributed by atoms with Crippen LogP contribution in [-0.4, -0.2) is 41.6 Å². The van der Waals surface area contributed by atoms with E-state index in [0.717, 1.165) is 19.4 Å². The lowest BCUT2D eigenvalue weighted by molar-refractivity contribution is -0.00312. The van der Waals surface area contributed by atoms with Gasteiger partial charge >= 0.3 is 0 Å². The molecule has 104 valence electrons. The number of likely N-dealkylation sites (N-methyl/N-ethyl adjacent to an activating group) is 1. The molecule has 5 nitrogen and oxygen atoms in total. The van der Waals surface area contributed by atoms with Crippen LogP contribution in [0, 0.1) is 0 Å². The maximum absolute atomic E-state index is 12.4. The van der Waals surface area contributed by atoms with E-state index in [1.54, 1.807) is 12.1 Å². The number of carbonyl (C=O) groups is 1. The van der Waals surface area contributed by atoms with Crippen LogP contribution >= 0.6 is 0 Å². The molecular formula is C14H21N3O2. The average Bonchev–Trinajstić information content (AvgIpc) is 2.46. The first kappa shape index (κ1) is 13.8. The van der Waals surface area contributed by atoms with Crippen LogP contribution in [0.1, 0.15) is 36.5 Å². The van der Waals surface area contributed by atoms with Crippen molar-refractivity contribution in [2.45, 2.75) is 32.3 Å². The second-order valence-electron chi connectivity index (χ2n) is 4.80. The molecule has 1 aromatic rings. The van der Waals surface area contributed by atoms with E-state index in [2.05, 4.69) is 4.98 Å². The Morgan fingerprint density at radius 1 is 1.53 bits per heavy atom. The highest BCUT2D eigenvalue weighted by Gasteiger charge is 2.21. The van der Waals surface area contributed by atoms with Crippen molar-refractivity contribution in [2.75, 3.05) is 25.4 Å². The van der Waals surface area contributed by atoms with Gasteiger partial charge in [-0.1, -0.05) is 0 Å². The smallest absolute Gasteiger partial charge is 0.255 e. The summed E-state index contributed by atoms with van der Waals surface area (Å²) in [4.78, 5) is 18.1. The number of hydrogen-bond acceptors (Lipinski definition) is 4. The van der Waals surface area contributed by atoms with Gasteiger partial charge in [-0.15, -0.1) is 0 Å². The molecule has 5 heteroatoms. The predicted octanol–water partition coefficient (Wildman–Crippen LogP) is 1.69. The number of amides is 1. The van der Waals surface area contributed by atoms with Crippen LogP contribution in [0.15, 0.2) is 18.3 Å². The summed E-state index contributed by atoms with van der Waals surface area (Å²) in [6.45, 7) is 4.11. The maximum Gasteiger partial charge on any atom is 0.255 e. The molecule has 0 saturated carbocycles. The third-order valence-electron chi connectivity index (χ3n) is 3.40. The lowest BCUT2D eigenvalue weighted by atomic mass is 10.1. The third-order valence-corrected chi connectivity index (χ3v) is 3.40. The lowest BCUT2D eigenvalue weighted by Crippen LogP contribution is -2.39. The molecule has 2 N–H and O–H groups in total. The standard InChI is InChI=1S/C14H21N3O2/c1-2-17(10-12-5-3-4-8-19-12)14(18)11-6-7-13(15)16-9-11/h6-7,9,12H,2-5,8,10H2,1H3,(H2,15,16)/t12-/m0/s1. The topological polar surface area (TPSA) is 68.5 Å². The first-order valence-electron chi connectivity index (χ1n) is 6.83. The second-order valence-corrected chi connectivity index (χ2v) is 4.80. The largest absolute Gasteiger partial charge is 0.384 e. The minimum Gasteiger partial charge on any atom is -0.384 e. The van der Waals surface area contributed by atoms with Gasteiger partial charge in [0.15, 0.2) is 0 Å². The van der Waals surface area contributed by atoms with E-state index in [4.69, 9.17) is 10.5 Å². The van der Waals surface area contributed by atoms with Crippen LogP contribution in [0.2, 0.25) is 0 Å². The molecule has 1 aromatic heterocycles.